The van der Waals surface area contributed by atoms with E-state index in [0.717, 1.165) is 38.9 Å². The highest BCUT2D eigenvalue weighted by Crippen LogP contribution is 2.23. The molecule has 112 valence electrons. The van der Waals surface area contributed by atoms with Crippen LogP contribution in [0.2, 0.25) is 0 Å². The number of hydrogen-bond acceptors (Lipinski definition) is 1. The van der Waals surface area contributed by atoms with E-state index in [4.69, 9.17) is 6.42 Å². The van der Waals surface area contributed by atoms with Crippen molar-refractivity contribution in [1.29, 1.82) is 0 Å². The highest BCUT2D eigenvalue weighted by molar-refractivity contribution is 5.83. The number of aryl methyl sites for hydroxylation is 2. The second kappa shape index (κ2) is 8.54. The van der Waals surface area contributed by atoms with E-state index >= 15 is 0 Å². The lowest BCUT2D eigenvalue weighted by atomic mass is 10.1. The monoisotopic (exact) mass is 282 g/mol. The minimum atomic E-state index is 0.852. The number of nitrogens with zero attached hydrogens (tertiary/aromatic N) is 1. The van der Waals surface area contributed by atoms with Gasteiger partial charge in [-0.1, -0.05) is 25.1 Å². The predicted molar refractivity (Wildman–Crippen MR) is 91.5 cm³/mol. The van der Waals surface area contributed by atoms with Crippen LogP contribution in [0.15, 0.2) is 30.5 Å². The van der Waals surface area contributed by atoms with Crippen LogP contribution in [0.25, 0.3) is 10.9 Å². The minimum absolute atomic E-state index is 0.852. The quantitative estimate of drug-likeness (QED) is 0.543. The van der Waals surface area contributed by atoms with E-state index in [9.17, 15) is 0 Å². The highest BCUT2D eigenvalue weighted by Gasteiger charge is 2.07. The summed E-state index contributed by atoms with van der Waals surface area (Å²) in [6, 6.07) is 8.71. The van der Waals surface area contributed by atoms with Crippen LogP contribution < -0.4 is 5.32 Å². The predicted octanol–water partition coefficient (Wildman–Crippen LogP) is 3.99. The number of nitrogens with one attached hydrogen (secondary N) is 1. The van der Waals surface area contributed by atoms with Crippen LogP contribution in [0.3, 0.4) is 0 Å². The van der Waals surface area contributed by atoms with Gasteiger partial charge in [-0.25, -0.2) is 0 Å². The van der Waals surface area contributed by atoms with Crippen molar-refractivity contribution in [3.05, 3.63) is 36.0 Å². The Balaban J connectivity index is 2.03. The maximum atomic E-state index is 5.35. The number of para-hydroxylation sites is 1. The van der Waals surface area contributed by atoms with Gasteiger partial charge in [0.2, 0.25) is 0 Å². The average molecular weight is 282 g/mol. The summed E-state index contributed by atoms with van der Waals surface area (Å²) in [6.45, 7) is 5.36. The molecule has 0 fully saturated rings. The van der Waals surface area contributed by atoms with Gasteiger partial charge in [-0.15, -0.1) is 12.3 Å². The molecule has 0 saturated carbocycles. The van der Waals surface area contributed by atoms with Gasteiger partial charge in [-0.05, 0) is 50.4 Å². The van der Waals surface area contributed by atoms with Crippen molar-refractivity contribution in [2.45, 2.75) is 45.6 Å². The van der Waals surface area contributed by atoms with Crippen molar-refractivity contribution in [3.8, 4) is 12.3 Å². The zero-order chi connectivity index (χ0) is 14.9. The molecule has 0 spiro atoms. The van der Waals surface area contributed by atoms with Crippen molar-refractivity contribution in [3.63, 3.8) is 0 Å². The SMILES string of the molecule is C#CCCCn1cc(CCCCNCC)c2ccccc21. The van der Waals surface area contributed by atoms with Crippen molar-refractivity contribution in [1.82, 2.24) is 9.88 Å². The summed E-state index contributed by atoms with van der Waals surface area (Å²) in [7, 11) is 0. The number of rotatable bonds is 9. The summed E-state index contributed by atoms with van der Waals surface area (Å²) in [5.74, 6) is 2.73. The first-order valence-corrected chi connectivity index (χ1v) is 8.07. The molecule has 0 saturated heterocycles. The third kappa shape index (κ3) is 4.37. The Morgan fingerprint density at radius 1 is 1.19 bits per heavy atom. The number of hydrogen-bond donors (Lipinski definition) is 1. The molecule has 21 heavy (non-hydrogen) atoms. The fourth-order valence-electron chi connectivity index (χ4n) is 2.80. The molecule has 2 aromatic rings. The molecule has 1 N–H and O–H groups in total. The van der Waals surface area contributed by atoms with Crippen molar-refractivity contribution >= 4 is 10.9 Å². The van der Waals surface area contributed by atoms with Crippen LogP contribution in [-0.2, 0) is 13.0 Å². The molecule has 1 heterocycles. The van der Waals surface area contributed by atoms with Gasteiger partial charge in [0.15, 0.2) is 0 Å². The third-order valence-electron chi connectivity index (χ3n) is 3.89. The zero-order valence-corrected chi connectivity index (χ0v) is 13.1. The lowest BCUT2D eigenvalue weighted by molar-refractivity contribution is 0.638. The number of aromatic nitrogens is 1. The van der Waals surface area contributed by atoms with Crippen molar-refractivity contribution in [2.24, 2.45) is 0 Å². The number of terminal acetylenes is 1. The van der Waals surface area contributed by atoms with Crippen LogP contribution in [0, 0.1) is 12.3 Å². The van der Waals surface area contributed by atoms with Crippen LogP contribution in [-0.4, -0.2) is 17.7 Å². The zero-order valence-electron chi connectivity index (χ0n) is 13.1. The summed E-state index contributed by atoms with van der Waals surface area (Å²) < 4.78 is 2.37. The largest absolute Gasteiger partial charge is 0.347 e. The summed E-state index contributed by atoms with van der Waals surface area (Å²) in [5.41, 5.74) is 2.82. The second-order valence-corrected chi connectivity index (χ2v) is 5.48. The van der Waals surface area contributed by atoms with Gasteiger partial charge in [-0.2, -0.15) is 0 Å². The Morgan fingerprint density at radius 2 is 2.05 bits per heavy atom. The van der Waals surface area contributed by atoms with Gasteiger partial charge in [0, 0.05) is 30.1 Å². The minimum Gasteiger partial charge on any atom is -0.347 e. The highest BCUT2D eigenvalue weighted by atomic mass is 15.0. The molecule has 0 radical (unpaired) electrons. The van der Waals surface area contributed by atoms with E-state index in [1.807, 2.05) is 0 Å². The van der Waals surface area contributed by atoms with Crippen LogP contribution in [0.1, 0.15) is 38.2 Å². The average Bonchev–Trinajstić information content (AvgIpc) is 2.86. The molecular weight excluding hydrogens is 256 g/mol. The standard InChI is InChI=1S/C19H26N2/c1-3-5-10-15-21-16-17(11-8-9-14-20-4-2)18-12-6-7-13-19(18)21/h1,6-7,12-13,16,20H,4-5,8-11,14-15H2,2H3. The molecule has 0 bridgehead atoms. The Morgan fingerprint density at radius 3 is 2.86 bits per heavy atom. The van der Waals surface area contributed by atoms with Gasteiger partial charge < -0.3 is 9.88 Å². The first-order chi connectivity index (χ1) is 10.4. The Kier molecular flexibility index (Phi) is 6.37. The fourth-order valence-corrected chi connectivity index (χ4v) is 2.80. The normalized spacial score (nSPS) is 10.9. The van der Waals surface area contributed by atoms with E-state index in [1.165, 1.54) is 29.3 Å². The van der Waals surface area contributed by atoms with E-state index in [0.29, 0.717) is 0 Å². The van der Waals surface area contributed by atoms with E-state index in [2.05, 4.69) is 53.2 Å². The van der Waals surface area contributed by atoms with Gasteiger partial charge in [0.1, 0.15) is 0 Å². The van der Waals surface area contributed by atoms with Crippen LogP contribution in [0.4, 0.5) is 0 Å². The summed E-state index contributed by atoms with van der Waals surface area (Å²) in [6.07, 6.45) is 13.2. The second-order valence-electron chi connectivity index (χ2n) is 5.48. The molecule has 2 rings (SSSR count). The third-order valence-corrected chi connectivity index (χ3v) is 3.89. The molecule has 0 aliphatic heterocycles. The van der Waals surface area contributed by atoms with Crippen molar-refractivity contribution < 1.29 is 0 Å². The van der Waals surface area contributed by atoms with Gasteiger partial charge in [0.05, 0.1) is 0 Å². The molecular formula is C19H26N2. The lowest BCUT2D eigenvalue weighted by Gasteiger charge is -2.02. The first kappa shape index (κ1) is 15.7. The molecule has 0 unspecified atom stereocenters. The topological polar surface area (TPSA) is 17.0 Å². The molecule has 0 aliphatic carbocycles. The van der Waals surface area contributed by atoms with Crippen LogP contribution >= 0.6 is 0 Å². The Bertz CT molecular complexity index is 589. The first-order valence-electron chi connectivity index (χ1n) is 8.07. The smallest absolute Gasteiger partial charge is 0.0483 e. The molecule has 2 heteroatoms. The summed E-state index contributed by atoms with van der Waals surface area (Å²) in [5, 5.41) is 4.79. The number of fused-ring (bicyclic) bond motifs is 1. The van der Waals surface area contributed by atoms with E-state index in [1.54, 1.807) is 0 Å². The molecule has 0 amide bonds. The Labute approximate surface area is 128 Å². The fraction of sp³-hybridized carbons (Fsp3) is 0.474. The van der Waals surface area contributed by atoms with Crippen molar-refractivity contribution in [2.75, 3.05) is 13.1 Å². The number of benzene rings is 1. The molecule has 0 atom stereocenters. The number of unbranched alkanes of at least 4 members (excludes halogenated alkanes) is 2. The van der Waals surface area contributed by atoms with E-state index in [-0.39, 0.29) is 0 Å². The molecule has 0 aliphatic rings. The molecule has 1 aromatic heterocycles. The maximum Gasteiger partial charge on any atom is 0.0483 e. The van der Waals surface area contributed by atoms with Gasteiger partial charge in [0.25, 0.3) is 0 Å². The Hall–Kier alpha value is -1.72. The molecule has 2 nitrogen and oxygen atoms in total. The molecule has 1 aromatic carbocycles. The maximum absolute atomic E-state index is 5.35. The van der Waals surface area contributed by atoms with Gasteiger partial charge >= 0.3 is 0 Å². The van der Waals surface area contributed by atoms with E-state index < -0.39 is 0 Å². The summed E-state index contributed by atoms with van der Waals surface area (Å²) >= 11 is 0. The van der Waals surface area contributed by atoms with Crippen LogP contribution in [0.5, 0.6) is 0 Å². The lowest BCUT2D eigenvalue weighted by Crippen LogP contribution is -2.13. The van der Waals surface area contributed by atoms with Gasteiger partial charge in [-0.3, -0.25) is 0 Å². The summed E-state index contributed by atoms with van der Waals surface area (Å²) in [4.78, 5) is 0.